The molecule has 2 aromatic carbocycles. The van der Waals surface area contributed by atoms with E-state index in [2.05, 4.69) is 77.9 Å². The van der Waals surface area contributed by atoms with Crippen molar-refractivity contribution in [2.45, 2.75) is 80.1 Å². The summed E-state index contributed by atoms with van der Waals surface area (Å²) in [4.78, 5) is 0. The van der Waals surface area contributed by atoms with Crippen LogP contribution in [0, 0.1) is 0 Å². The molecule has 2 nitrogen and oxygen atoms in total. The van der Waals surface area contributed by atoms with Crippen LogP contribution in [0.4, 0.5) is 0 Å². The van der Waals surface area contributed by atoms with Gasteiger partial charge in [-0.25, -0.2) is 0 Å². The Morgan fingerprint density at radius 2 is 0.871 bits per heavy atom. The summed E-state index contributed by atoms with van der Waals surface area (Å²) in [6.45, 7) is 15.2. The van der Waals surface area contributed by atoms with Gasteiger partial charge in [0.25, 0.3) is 0 Å². The Morgan fingerprint density at radius 1 is 0.548 bits per heavy atom. The van der Waals surface area contributed by atoms with Crippen molar-refractivity contribution in [1.29, 1.82) is 0 Å². The zero-order valence-corrected chi connectivity index (χ0v) is 21.9. The number of hydrogen-bond donors (Lipinski definition) is 0. The molecule has 0 N–H and O–H groups in total. The van der Waals surface area contributed by atoms with E-state index < -0.39 is 8.07 Å². The van der Waals surface area contributed by atoms with Gasteiger partial charge >= 0.3 is 0 Å². The van der Waals surface area contributed by atoms with Crippen LogP contribution >= 0.6 is 0 Å². The van der Waals surface area contributed by atoms with Crippen LogP contribution in [0.2, 0.25) is 0 Å². The molecule has 0 atom stereocenters. The van der Waals surface area contributed by atoms with E-state index in [1.165, 1.54) is 22.3 Å². The Balaban J connectivity index is 2.90. The van der Waals surface area contributed by atoms with Crippen LogP contribution in [0.5, 0.6) is 0 Å². The smallest absolute Gasteiger partial charge is 0.172 e. The molecule has 0 spiro atoms. The third kappa shape index (κ3) is 5.88. The highest BCUT2D eigenvalue weighted by molar-refractivity contribution is 7.03. The topological polar surface area (TPSA) is 18.5 Å². The van der Waals surface area contributed by atoms with Crippen LogP contribution in [0.3, 0.4) is 0 Å². The lowest BCUT2D eigenvalue weighted by atomic mass is 10.1. The Morgan fingerprint density at radius 3 is 1.13 bits per heavy atom. The van der Waals surface area contributed by atoms with Crippen molar-refractivity contribution in [1.82, 2.24) is 0 Å². The van der Waals surface area contributed by atoms with Gasteiger partial charge in [-0.3, -0.25) is 0 Å². The Labute approximate surface area is 192 Å². The molecule has 31 heavy (non-hydrogen) atoms. The molecule has 0 saturated carbocycles. The SMILES string of the molecule is CCCOC[Si](COCCC)(c1c(CC)cccc1CC)c1c(CC)cccc1CC. The summed E-state index contributed by atoms with van der Waals surface area (Å²) < 4.78 is 12.9. The second kappa shape index (κ2) is 13.2. The van der Waals surface area contributed by atoms with Crippen LogP contribution in [-0.2, 0) is 35.2 Å². The first-order chi connectivity index (χ1) is 15.1. The van der Waals surface area contributed by atoms with Crippen LogP contribution in [-0.4, -0.2) is 33.7 Å². The molecule has 0 aliphatic carbocycles. The molecule has 0 heterocycles. The molecule has 0 aromatic heterocycles. The predicted octanol–water partition coefficient (Wildman–Crippen LogP) is 5.43. The van der Waals surface area contributed by atoms with Gasteiger partial charge in [-0.2, -0.15) is 0 Å². The van der Waals surface area contributed by atoms with Gasteiger partial charge in [0.05, 0.1) is 12.5 Å². The summed E-state index contributed by atoms with van der Waals surface area (Å²) in [6, 6.07) is 13.9. The van der Waals surface area contributed by atoms with Crippen molar-refractivity contribution >= 4 is 18.4 Å². The van der Waals surface area contributed by atoms with Gasteiger partial charge in [-0.05, 0) is 71.2 Å². The van der Waals surface area contributed by atoms with E-state index in [0.29, 0.717) is 0 Å². The second-order valence-electron chi connectivity index (χ2n) is 8.50. The Bertz CT molecular complexity index is 688. The van der Waals surface area contributed by atoms with Crippen molar-refractivity contribution in [3.63, 3.8) is 0 Å². The summed E-state index contributed by atoms with van der Waals surface area (Å²) in [5.74, 6) is 0. The lowest BCUT2D eigenvalue weighted by Gasteiger charge is -2.38. The molecule has 0 bridgehead atoms. The van der Waals surface area contributed by atoms with Gasteiger partial charge in [0.1, 0.15) is 0 Å². The van der Waals surface area contributed by atoms with Crippen molar-refractivity contribution in [2.75, 3.05) is 25.7 Å². The van der Waals surface area contributed by atoms with Crippen molar-refractivity contribution < 1.29 is 9.47 Å². The summed E-state index contributed by atoms with van der Waals surface area (Å²) in [6.07, 6.45) is 7.91. The van der Waals surface area contributed by atoms with Crippen molar-refractivity contribution in [3.05, 3.63) is 58.7 Å². The van der Waals surface area contributed by atoms with Crippen LogP contribution in [0.15, 0.2) is 36.4 Å². The maximum absolute atomic E-state index is 6.47. The quantitative estimate of drug-likeness (QED) is 0.288. The summed E-state index contributed by atoms with van der Waals surface area (Å²) in [5.41, 5.74) is 5.94. The van der Waals surface area contributed by atoms with E-state index in [9.17, 15) is 0 Å². The van der Waals surface area contributed by atoms with Gasteiger partial charge in [-0.1, -0.05) is 77.9 Å². The predicted molar refractivity (Wildman–Crippen MR) is 138 cm³/mol. The highest BCUT2D eigenvalue weighted by atomic mass is 28.3. The van der Waals surface area contributed by atoms with Gasteiger partial charge in [0.15, 0.2) is 8.07 Å². The first kappa shape index (κ1) is 25.8. The molecule has 0 aliphatic heterocycles. The fourth-order valence-corrected chi connectivity index (χ4v) is 10.3. The third-order valence-corrected chi connectivity index (χ3v) is 10.9. The molecule has 0 aliphatic rings. The van der Waals surface area contributed by atoms with Crippen molar-refractivity contribution in [3.8, 4) is 0 Å². The van der Waals surface area contributed by atoms with E-state index in [-0.39, 0.29) is 0 Å². The van der Waals surface area contributed by atoms with Gasteiger partial charge in [0, 0.05) is 13.2 Å². The van der Waals surface area contributed by atoms with Gasteiger partial charge < -0.3 is 9.47 Å². The fraction of sp³-hybridized carbons (Fsp3) is 0.571. The van der Waals surface area contributed by atoms with E-state index in [1.54, 1.807) is 10.4 Å². The average Bonchev–Trinajstić information content (AvgIpc) is 2.82. The normalized spacial score (nSPS) is 11.8. The maximum atomic E-state index is 6.47. The third-order valence-electron chi connectivity index (χ3n) is 6.35. The Kier molecular flexibility index (Phi) is 11.0. The number of aryl methyl sites for hydroxylation is 4. The molecule has 2 rings (SSSR count). The maximum Gasteiger partial charge on any atom is 0.172 e. The number of ether oxygens (including phenoxy) is 2. The van der Waals surface area contributed by atoms with Crippen molar-refractivity contribution in [2.24, 2.45) is 0 Å². The lowest BCUT2D eigenvalue weighted by molar-refractivity contribution is 0.152. The zero-order valence-electron chi connectivity index (χ0n) is 20.9. The van der Waals surface area contributed by atoms with E-state index >= 15 is 0 Å². The molecule has 2 aromatic rings. The average molecular weight is 441 g/mol. The first-order valence-electron chi connectivity index (χ1n) is 12.5. The van der Waals surface area contributed by atoms with Crippen LogP contribution < -0.4 is 10.4 Å². The molecule has 172 valence electrons. The monoisotopic (exact) mass is 440 g/mol. The summed E-state index contributed by atoms with van der Waals surface area (Å²) >= 11 is 0. The van der Waals surface area contributed by atoms with E-state index in [1.807, 2.05) is 0 Å². The molecule has 0 unspecified atom stereocenters. The standard InChI is InChI=1S/C28H44O2Si/c1-7-19-29-21-31(22-30-20-8-2,27-23(9-3)15-13-16-24(27)10-4)28-25(11-5)17-14-18-26(28)12-6/h13-18H,7-12,19-22H2,1-6H3. The minimum Gasteiger partial charge on any atom is -0.384 e. The van der Waals surface area contributed by atoms with E-state index in [4.69, 9.17) is 9.47 Å². The number of benzene rings is 2. The molecular weight excluding hydrogens is 396 g/mol. The summed E-state index contributed by atoms with van der Waals surface area (Å²) in [7, 11) is -2.33. The summed E-state index contributed by atoms with van der Waals surface area (Å²) in [5, 5.41) is 3.17. The van der Waals surface area contributed by atoms with Crippen LogP contribution in [0.1, 0.15) is 76.6 Å². The van der Waals surface area contributed by atoms with E-state index in [0.717, 1.165) is 64.2 Å². The first-order valence-corrected chi connectivity index (χ1v) is 14.9. The molecule has 0 radical (unpaired) electrons. The highest BCUT2D eigenvalue weighted by Crippen LogP contribution is 2.20. The minimum atomic E-state index is -2.33. The lowest BCUT2D eigenvalue weighted by Crippen LogP contribution is -2.69. The largest absolute Gasteiger partial charge is 0.384 e. The number of rotatable bonds is 14. The minimum absolute atomic E-state index is 0.804. The molecular formula is C28H44O2Si. The van der Waals surface area contributed by atoms with Crippen LogP contribution in [0.25, 0.3) is 0 Å². The van der Waals surface area contributed by atoms with Gasteiger partial charge in [0.2, 0.25) is 0 Å². The molecule has 0 saturated heterocycles. The Hall–Kier alpha value is -1.42. The molecule has 3 heteroatoms. The number of hydrogen-bond acceptors (Lipinski definition) is 2. The fourth-order valence-electron chi connectivity index (χ4n) is 4.95. The highest BCUT2D eigenvalue weighted by Gasteiger charge is 2.43. The molecule has 0 amide bonds. The molecule has 0 fully saturated rings. The van der Waals surface area contributed by atoms with Gasteiger partial charge in [-0.15, -0.1) is 0 Å². The second-order valence-corrected chi connectivity index (χ2v) is 12.2. The zero-order chi connectivity index (χ0) is 22.7.